The van der Waals surface area contributed by atoms with Gasteiger partial charge in [0.1, 0.15) is 5.60 Å². The standard InChI is InChI=1S/C19H27NO2/c1-5-14-10-12-15(13-11-14)16-8-6-7-9-17(16)20-18(21)22-19(2,3)4/h6-9,12,14H,5,10-11,13H2,1-4H3,(H,20,21). The number of ether oxygens (including phenoxy) is 1. The molecule has 0 fully saturated rings. The zero-order valence-corrected chi connectivity index (χ0v) is 14.1. The maximum absolute atomic E-state index is 12.0. The number of allylic oxidation sites excluding steroid dienone is 2. The van der Waals surface area contributed by atoms with Gasteiger partial charge in [0.2, 0.25) is 0 Å². The Morgan fingerprint density at radius 3 is 2.64 bits per heavy atom. The van der Waals surface area contributed by atoms with Crippen molar-refractivity contribution in [3.63, 3.8) is 0 Å². The zero-order chi connectivity index (χ0) is 16.2. The molecule has 0 saturated carbocycles. The quantitative estimate of drug-likeness (QED) is 0.786. The predicted molar refractivity (Wildman–Crippen MR) is 91.9 cm³/mol. The molecule has 3 nitrogen and oxygen atoms in total. The second-order valence-electron chi connectivity index (χ2n) is 6.95. The summed E-state index contributed by atoms with van der Waals surface area (Å²) >= 11 is 0. The van der Waals surface area contributed by atoms with Gasteiger partial charge in [-0.05, 0) is 57.6 Å². The molecular weight excluding hydrogens is 274 g/mol. The first-order valence-corrected chi connectivity index (χ1v) is 8.17. The minimum absolute atomic E-state index is 0.400. The third-order valence-electron chi connectivity index (χ3n) is 4.01. The largest absolute Gasteiger partial charge is 0.444 e. The van der Waals surface area contributed by atoms with Crippen molar-refractivity contribution < 1.29 is 9.53 Å². The van der Waals surface area contributed by atoms with Crippen molar-refractivity contribution in [3.05, 3.63) is 35.9 Å². The molecule has 1 aliphatic rings. The number of amides is 1. The van der Waals surface area contributed by atoms with E-state index in [1.54, 1.807) is 0 Å². The lowest BCUT2D eigenvalue weighted by molar-refractivity contribution is 0.0636. The lowest BCUT2D eigenvalue weighted by Gasteiger charge is -2.23. The van der Waals surface area contributed by atoms with Crippen LogP contribution >= 0.6 is 0 Å². The van der Waals surface area contributed by atoms with E-state index < -0.39 is 11.7 Å². The fourth-order valence-electron chi connectivity index (χ4n) is 2.79. The normalized spacial score (nSPS) is 18.5. The van der Waals surface area contributed by atoms with Gasteiger partial charge in [0, 0.05) is 5.56 Å². The highest BCUT2D eigenvalue weighted by atomic mass is 16.6. The van der Waals surface area contributed by atoms with E-state index in [4.69, 9.17) is 4.74 Å². The summed E-state index contributed by atoms with van der Waals surface area (Å²) in [4.78, 5) is 12.0. The number of carbonyl (C=O) groups excluding carboxylic acids is 1. The van der Waals surface area contributed by atoms with Gasteiger partial charge < -0.3 is 4.74 Å². The smallest absolute Gasteiger partial charge is 0.412 e. The van der Waals surface area contributed by atoms with Crippen molar-refractivity contribution in [1.82, 2.24) is 0 Å². The molecule has 1 aromatic rings. The van der Waals surface area contributed by atoms with E-state index in [0.29, 0.717) is 0 Å². The maximum atomic E-state index is 12.0. The molecule has 1 aromatic carbocycles. The van der Waals surface area contributed by atoms with Gasteiger partial charge in [-0.2, -0.15) is 0 Å². The molecule has 0 spiro atoms. The van der Waals surface area contributed by atoms with Crippen LogP contribution in [0.4, 0.5) is 10.5 Å². The Balaban J connectivity index is 2.14. The molecule has 3 heteroatoms. The number of anilines is 1. The molecule has 2 rings (SSSR count). The molecule has 1 unspecified atom stereocenters. The van der Waals surface area contributed by atoms with E-state index in [1.165, 1.54) is 18.4 Å². The number of rotatable bonds is 3. The minimum atomic E-state index is -0.489. The van der Waals surface area contributed by atoms with E-state index >= 15 is 0 Å². The minimum Gasteiger partial charge on any atom is -0.444 e. The Morgan fingerprint density at radius 1 is 1.32 bits per heavy atom. The Kier molecular flexibility index (Phi) is 5.28. The summed E-state index contributed by atoms with van der Waals surface area (Å²) in [5.74, 6) is 0.801. The van der Waals surface area contributed by atoms with Gasteiger partial charge in [-0.25, -0.2) is 4.79 Å². The van der Waals surface area contributed by atoms with Crippen LogP contribution in [0, 0.1) is 5.92 Å². The van der Waals surface area contributed by atoms with Crippen molar-refractivity contribution in [3.8, 4) is 0 Å². The summed E-state index contributed by atoms with van der Waals surface area (Å²) in [6, 6.07) is 7.97. The Morgan fingerprint density at radius 2 is 2.05 bits per heavy atom. The van der Waals surface area contributed by atoms with Crippen LogP contribution in [0.5, 0.6) is 0 Å². The predicted octanol–water partition coefficient (Wildman–Crippen LogP) is 5.63. The summed E-state index contributed by atoms with van der Waals surface area (Å²) in [6.07, 6.45) is 6.60. The fourth-order valence-corrected chi connectivity index (χ4v) is 2.79. The molecule has 0 aliphatic heterocycles. The highest BCUT2D eigenvalue weighted by molar-refractivity contribution is 5.90. The van der Waals surface area contributed by atoms with Crippen LogP contribution in [0.3, 0.4) is 0 Å². The molecular formula is C19H27NO2. The van der Waals surface area contributed by atoms with E-state index in [0.717, 1.165) is 30.0 Å². The number of benzene rings is 1. The first-order chi connectivity index (χ1) is 10.4. The molecule has 22 heavy (non-hydrogen) atoms. The van der Waals surface area contributed by atoms with Crippen LogP contribution in [0.15, 0.2) is 30.3 Å². The van der Waals surface area contributed by atoms with Crippen molar-refractivity contribution >= 4 is 17.4 Å². The molecule has 120 valence electrons. The van der Waals surface area contributed by atoms with Crippen molar-refractivity contribution in [2.75, 3.05) is 5.32 Å². The van der Waals surface area contributed by atoms with Gasteiger partial charge in [-0.1, -0.05) is 37.6 Å². The van der Waals surface area contributed by atoms with Gasteiger partial charge in [0.25, 0.3) is 0 Å². The Labute approximate surface area is 133 Å². The molecule has 1 N–H and O–H groups in total. The van der Waals surface area contributed by atoms with Crippen LogP contribution < -0.4 is 5.32 Å². The third-order valence-corrected chi connectivity index (χ3v) is 4.01. The average molecular weight is 301 g/mol. The van der Waals surface area contributed by atoms with Crippen LogP contribution in [0.25, 0.3) is 5.57 Å². The molecule has 0 radical (unpaired) electrons. The highest BCUT2D eigenvalue weighted by Crippen LogP contribution is 2.34. The summed E-state index contributed by atoms with van der Waals surface area (Å²) in [5.41, 5.74) is 2.79. The Bertz CT molecular complexity index is 555. The van der Waals surface area contributed by atoms with E-state index in [-0.39, 0.29) is 0 Å². The second-order valence-corrected chi connectivity index (χ2v) is 6.95. The molecule has 1 amide bonds. The molecule has 1 atom stereocenters. The summed E-state index contributed by atoms with van der Waals surface area (Å²) < 4.78 is 5.35. The van der Waals surface area contributed by atoms with Crippen LogP contribution in [0.2, 0.25) is 0 Å². The second kappa shape index (κ2) is 6.99. The summed E-state index contributed by atoms with van der Waals surface area (Å²) in [7, 11) is 0. The van der Waals surface area contributed by atoms with E-state index in [1.807, 2.05) is 39.0 Å². The topological polar surface area (TPSA) is 38.3 Å². The number of para-hydroxylation sites is 1. The van der Waals surface area contributed by atoms with Crippen LogP contribution in [-0.2, 0) is 4.74 Å². The maximum Gasteiger partial charge on any atom is 0.412 e. The van der Waals surface area contributed by atoms with E-state index in [9.17, 15) is 4.79 Å². The van der Waals surface area contributed by atoms with Gasteiger partial charge in [-0.15, -0.1) is 0 Å². The third kappa shape index (κ3) is 4.62. The van der Waals surface area contributed by atoms with Crippen LogP contribution in [0.1, 0.15) is 58.9 Å². The van der Waals surface area contributed by atoms with Gasteiger partial charge >= 0.3 is 6.09 Å². The average Bonchev–Trinajstić information content (AvgIpc) is 2.46. The van der Waals surface area contributed by atoms with Gasteiger partial charge in [0.05, 0.1) is 5.69 Å². The molecule has 0 bridgehead atoms. The summed E-state index contributed by atoms with van der Waals surface area (Å²) in [6.45, 7) is 7.86. The van der Waals surface area contributed by atoms with Crippen molar-refractivity contribution in [1.29, 1.82) is 0 Å². The number of hydrogen-bond acceptors (Lipinski definition) is 2. The molecule has 0 saturated heterocycles. The number of hydrogen-bond donors (Lipinski definition) is 1. The van der Waals surface area contributed by atoms with Crippen LogP contribution in [-0.4, -0.2) is 11.7 Å². The Hall–Kier alpha value is -1.77. The summed E-state index contributed by atoms with van der Waals surface area (Å²) in [5, 5.41) is 2.89. The molecule has 0 heterocycles. The number of carbonyl (C=O) groups is 1. The van der Waals surface area contributed by atoms with Crippen molar-refractivity contribution in [2.45, 2.75) is 59.0 Å². The lowest BCUT2D eigenvalue weighted by atomic mass is 9.85. The monoisotopic (exact) mass is 301 g/mol. The fraction of sp³-hybridized carbons (Fsp3) is 0.526. The molecule has 1 aliphatic carbocycles. The van der Waals surface area contributed by atoms with E-state index in [2.05, 4.69) is 24.4 Å². The first kappa shape index (κ1) is 16.6. The first-order valence-electron chi connectivity index (χ1n) is 8.17. The lowest BCUT2D eigenvalue weighted by Crippen LogP contribution is -2.27. The SMILES string of the molecule is CCC1CC=C(c2ccccc2NC(=O)OC(C)(C)C)CC1. The highest BCUT2D eigenvalue weighted by Gasteiger charge is 2.19. The van der Waals surface area contributed by atoms with Crippen molar-refractivity contribution in [2.24, 2.45) is 5.92 Å². The van der Waals surface area contributed by atoms with Gasteiger partial charge in [-0.3, -0.25) is 5.32 Å². The van der Waals surface area contributed by atoms with Gasteiger partial charge in [0.15, 0.2) is 0 Å². The zero-order valence-electron chi connectivity index (χ0n) is 14.1. The molecule has 0 aromatic heterocycles. The number of nitrogens with one attached hydrogen (secondary N) is 1.